The molecule has 30 heteroatoms. The van der Waals surface area contributed by atoms with Crippen molar-refractivity contribution in [1.29, 1.82) is 0 Å². The van der Waals surface area contributed by atoms with E-state index in [9.17, 15) is 48.3 Å². The number of hydrogen-bond donors (Lipinski definition) is 1. The van der Waals surface area contributed by atoms with Crippen molar-refractivity contribution in [3.05, 3.63) is 77.8 Å². The quantitative estimate of drug-likeness (QED) is 0.0878. The molecule has 12 aliphatic rings. The minimum atomic E-state index is -1.06. The SMILES string of the molecule is CC[C@@H]1[C@@H]2CN(C(=O)[C@H](C3CCCC3)CC(=O)O[C@@H]3C[C@H]3CCC/C=C/c3nc4ccc(OC)cc4nc3O2)[C@@H]1C(=O)OC(C)(C)C.CC[C@@H]1[C@@H]2CN(C(=O)[C@H](C3CCCC3)CC(=O)O[C@@H]3C[C@H]3CCCCCc3nc4ccc(OC)cc4nc3O2)[C@@H]1C(=O)O.CC[C@@H]1[C@@H]2CN(C(=O)[C@H](C3CCCC3)CC(=O)O[C@@H]3C[C@H]3CCCCCc3nc4ccc(OC)cc4nc3O2)[C@@H]1C(=O)OC(C)(C)C. The summed E-state index contributed by atoms with van der Waals surface area (Å²) in [5.74, 6) is -1.96. The molecule has 742 valence electrons. The van der Waals surface area contributed by atoms with Crippen molar-refractivity contribution in [3.8, 4) is 34.9 Å². The summed E-state index contributed by atoms with van der Waals surface area (Å²) in [6, 6.07) is 14.0. The number of nitrogens with zero attached hydrogens (tertiary/aromatic N) is 9. The number of methoxy groups -OCH3 is 3. The van der Waals surface area contributed by atoms with Crippen LogP contribution in [0.3, 0.4) is 0 Å². The molecule has 1 N–H and O–H groups in total. The van der Waals surface area contributed by atoms with Crippen LogP contribution in [0.15, 0.2) is 60.7 Å². The second kappa shape index (κ2) is 43.9. The van der Waals surface area contributed by atoms with Gasteiger partial charge in [-0.2, -0.15) is 0 Å². The molecule has 6 aromatic rings. The Morgan fingerprint density at radius 1 is 0.380 bits per heavy atom. The first kappa shape index (κ1) is 99.5. The third kappa shape index (κ3) is 24.1. The molecule has 3 saturated heterocycles. The summed E-state index contributed by atoms with van der Waals surface area (Å²) >= 11 is 0. The number of allylic oxidation sites excluding steroid dienone is 1. The summed E-state index contributed by atoms with van der Waals surface area (Å²) in [5.41, 5.74) is 4.77. The van der Waals surface area contributed by atoms with Gasteiger partial charge in [-0.05, 0) is 254 Å². The van der Waals surface area contributed by atoms with Gasteiger partial charge in [-0.15, -0.1) is 0 Å². The van der Waals surface area contributed by atoms with Crippen LogP contribution in [0, 0.1) is 71.0 Å². The van der Waals surface area contributed by atoms with Gasteiger partial charge in [0.15, 0.2) is 0 Å². The van der Waals surface area contributed by atoms with Crippen molar-refractivity contribution in [2.24, 2.45) is 71.0 Å². The average Bonchev–Trinajstić information content (AvgIpc) is 1.61. The van der Waals surface area contributed by atoms with Crippen LogP contribution in [-0.4, -0.2) is 210 Å². The Morgan fingerprint density at radius 3 is 1.05 bits per heavy atom. The molecule has 3 aromatic heterocycles. The second-order valence-corrected chi connectivity index (χ2v) is 42.5. The van der Waals surface area contributed by atoms with E-state index in [4.69, 9.17) is 82.0 Å². The minimum absolute atomic E-state index is 0.00000568. The number of carbonyl (C=O) groups excluding carboxylic acids is 8. The average molecular weight is 1890 g/mol. The maximum absolute atomic E-state index is 14.7. The third-order valence-electron chi connectivity index (χ3n) is 30.7. The van der Waals surface area contributed by atoms with Crippen LogP contribution in [0.1, 0.15) is 285 Å². The number of carboxylic acid groups (broad SMARTS) is 1. The number of benzene rings is 3. The number of carboxylic acids is 1. The third-order valence-corrected chi connectivity index (χ3v) is 30.7. The van der Waals surface area contributed by atoms with Gasteiger partial charge in [0, 0.05) is 36.0 Å². The molecule has 9 heterocycles. The van der Waals surface area contributed by atoms with E-state index >= 15 is 0 Å². The molecule has 0 radical (unpaired) electrons. The number of rotatable bonds is 12. The fourth-order valence-corrected chi connectivity index (χ4v) is 23.2. The van der Waals surface area contributed by atoms with Gasteiger partial charge in [0.1, 0.15) is 100 Å². The lowest BCUT2D eigenvalue weighted by Gasteiger charge is -2.33. The predicted octanol–water partition coefficient (Wildman–Crippen LogP) is 17.5. The number of aryl methyl sites for hydroxylation is 2. The number of hydrogen-bond acceptors (Lipinski definition) is 26. The highest BCUT2D eigenvalue weighted by Crippen LogP contribution is 2.48. The van der Waals surface area contributed by atoms with Crippen LogP contribution in [0.2, 0.25) is 0 Å². The van der Waals surface area contributed by atoms with Crippen LogP contribution in [-0.2, 0) is 79.7 Å². The number of aliphatic carboxylic acids is 1. The van der Waals surface area contributed by atoms with Crippen molar-refractivity contribution in [2.45, 2.75) is 347 Å². The predicted molar refractivity (Wildman–Crippen MR) is 510 cm³/mol. The molecule has 3 amide bonds. The number of ether oxygens (including phenoxy) is 11. The van der Waals surface area contributed by atoms with E-state index in [1.807, 2.05) is 123 Å². The summed E-state index contributed by atoms with van der Waals surface area (Å²) in [7, 11) is 4.83. The topological polar surface area (TPSA) is 362 Å². The first-order valence-corrected chi connectivity index (χ1v) is 51.3. The van der Waals surface area contributed by atoms with Gasteiger partial charge < -0.3 is 71.9 Å². The van der Waals surface area contributed by atoms with Crippen molar-refractivity contribution < 1.29 is 100 Å². The maximum atomic E-state index is 14.7. The molecule has 6 saturated carbocycles. The molecule has 18 atom stereocenters. The van der Waals surface area contributed by atoms with E-state index in [-0.39, 0.29) is 122 Å². The fraction of sp³-hybridized carbons (Fsp3) is 0.673. The molecule has 18 rings (SSSR count). The zero-order valence-electron chi connectivity index (χ0n) is 82.3. The van der Waals surface area contributed by atoms with E-state index in [1.54, 1.807) is 31.1 Å². The molecule has 6 aliphatic heterocycles. The first-order valence-electron chi connectivity index (χ1n) is 51.3. The fourth-order valence-electron chi connectivity index (χ4n) is 23.2. The normalized spacial score (nSPS) is 29.8. The highest BCUT2D eigenvalue weighted by Gasteiger charge is 2.57. The minimum Gasteiger partial charge on any atom is -0.497 e. The lowest BCUT2D eigenvalue weighted by molar-refractivity contribution is -0.167. The largest absolute Gasteiger partial charge is 0.497 e. The highest BCUT2D eigenvalue weighted by molar-refractivity contribution is 5.92. The van der Waals surface area contributed by atoms with Gasteiger partial charge in [0.05, 0.1) is 111 Å². The summed E-state index contributed by atoms with van der Waals surface area (Å²) in [4.78, 5) is 158. The van der Waals surface area contributed by atoms with Gasteiger partial charge in [0.25, 0.3) is 0 Å². The van der Waals surface area contributed by atoms with Crippen molar-refractivity contribution >= 4 is 92.7 Å². The molecular formula is C107H143N9O21. The number of amides is 3. The van der Waals surface area contributed by atoms with Crippen LogP contribution >= 0.6 is 0 Å². The summed E-state index contributed by atoms with van der Waals surface area (Å²) < 4.78 is 65.9. The summed E-state index contributed by atoms with van der Waals surface area (Å²) in [5, 5.41) is 10.4. The lowest BCUT2D eigenvalue weighted by atomic mass is 9.86. The van der Waals surface area contributed by atoms with Crippen LogP contribution < -0.4 is 28.4 Å². The molecule has 0 unspecified atom stereocenters. The number of carbonyl (C=O) groups is 9. The standard InChI is InChI=1S/C37H51N3O7.C37H49N3O7.C33H43N3O7/c2*1-6-25-31-21-40(33(25)36(43)47-37(2,3)4)35(42)26(22-12-10-11-13-22)20-32(41)45-30-18-23(30)14-8-7-9-15-28-34(46-31)39-29-19-24(44-5)16-17-27(29)38-28;1-3-22-28-18-36(30(22)33(39)40)32(38)23(19-9-7-8-10-19)17-29(37)42-27-15-20(27)11-5-4-6-12-25-31(43-28)35-26-16-21(41-2)13-14-24(26)34-25/h16-17,19,22-23,25-26,30-31,33H,6-15,18,20-21H2,1-5H3;9,15-17,19,22-23,25-26,30-31,33H,6-8,10-14,18,20-21H2,1-5H3;13-14,16,19-20,22-23,27-28,30H,3-12,15,17-18H2,1-2H3,(H,39,40)/b;15-9+;/t2*23-,25-,26+,30-,31+,33+;20-,22-,23+,27-,28+,30+/m111/s1. The van der Waals surface area contributed by atoms with E-state index in [0.717, 1.165) is 189 Å². The zero-order valence-corrected chi connectivity index (χ0v) is 82.3. The first-order chi connectivity index (χ1) is 65.9. The molecule has 9 fully saturated rings. The molecule has 137 heavy (non-hydrogen) atoms. The van der Waals surface area contributed by atoms with Crippen LogP contribution in [0.4, 0.5) is 0 Å². The number of esters is 5. The number of aromatic nitrogens is 6. The van der Waals surface area contributed by atoms with Crippen LogP contribution in [0.5, 0.6) is 34.9 Å². The Kier molecular flexibility index (Phi) is 31.8. The molecule has 6 aliphatic carbocycles. The van der Waals surface area contributed by atoms with Gasteiger partial charge in [0.2, 0.25) is 35.4 Å². The van der Waals surface area contributed by atoms with Crippen LogP contribution in [0.25, 0.3) is 39.2 Å². The monoisotopic (exact) mass is 1890 g/mol. The van der Waals surface area contributed by atoms with Gasteiger partial charge >= 0.3 is 35.8 Å². The zero-order chi connectivity index (χ0) is 96.7. The smallest absolute Gasteiger partial charge is 0.329 e. The molecule has 6 bridgehead atoms. The van der Waals surface area contributed by atoms with Crippen molar-refractivity contribution in [3.63, 3.8) is 0 Å². The van der Waals surface area contributed by atoms with Gasteiger partial charge in [-0.1, -0.05) is 91.1 Å². The maximum Gasteiger partial charge on any atom is 0.329 e. The summed E-state index contributed by atoms with van der Waals surface area (Å²) in [6.45, 7) is 17.4. The lowest BCUT2D eigenvalue weighted by Crippen LogP contribution is -2.49. The van der Waals surface area contributed by atoms with E-state index in [1.165, 1.54) is 4.90 Å². The van der Waals surface area contributed by atoms with Gasteiger partial charge in [-0.25, -0.2) is 44.3 Å². The number of fused-ring (bicyclic) bond motifs is 15. The highest BCUT2D eigenvalue weighted by atomic mass is 16.6. The van der Waals surface area contributed by atoms with E-state index in [2.05, 4.69) is 6.08 Å². The second-order valence-electron chi connectivity index (χ2n) is 42.5. The van der Waals surface area contributed by atoms with Crippen molar-refractivity contribution in [2.75, 3.05) is 41.0 Å². The Morgan fingerprint density at radius 2 is 0.701 bits per heavy atom. The Balaban J connectivity index is 0.000000149. The Labute approximate surface area is 804 Å². The van der Waals surface area contributed by atoms with E-state index < -0.39 is 89.2 Å². The van der Waals surface area contributed by atoms with Crippen molar-refractivity contribution in [1.82, 2.24) is 44.6 Å². The molecular weight excluding hydrogens is 1750 g/mol. The van der Waals surface area contributed by atoms with Gasteiger partial charge in [-0.3, -0.25) is 28.8 Å². The Hall–Kier alpha value is -10.6. The Bertz CT molecular complexity index is 5370. The molecule has 0 spiro atoms. The molecule has 3 aromatic carbocycles. The molecule has 30 nitrogen and oxygen atoms in total. The summed E-state index contributed by atoms with van der Waals surface area (Å²) in [6.07, 6.45) is 30.0. The van der Waals surface area contributed by atoms with E-state index in [0.29, 0.717) is 113 Å².